The van der Waals surface area contributed by atoms with Crippen molar-refractivity contribution in [3.63, 3.8) is 0 Å². The molecule has 1 aliphatic carbocycles. The van der Waals surface area contributed by atoms with Gasteiger partial charge in [-0.05, 0) is 120 Å². The van der Waals surface area contributed by atoms with Crippen molar-refractivity contribution in [2.24, 2.45) is 0 Å². The maximum absolute atomic E-state index is 15.3. The summed E-state index contributed by atoms with van der Waals surface area (Å²) in [4.78, 5) is 197. The first kappa shape index (κ1) is 100. The van der Waals surface area contributed by atoms with Crippen molar-refractivity contribution in [2.45, 2.75) is 210 Å². The highest BCUT2D eigenvalue weighted by molar-refractivity contribution is 7.99. The van der Waals surface area contributed by atoms with Gasteiger partial charge in [0.15, 0.2) is 0 Å². The summed E-state index contributed by atoms with van der Waals surface area (Å²) >= 11 is 2.16. The van der Waals surface area contributed by atoms with Gasteiger partial charge in [-0.1, -0.05) is 145 Å². The number of ether oxygens (including phenoxy) is 5. The Kier molecular flexibility index (Phi) is 41.9. The van der Waals surface area contributed by atoms with E-state index in [1.54, 1.807) is 161 Å². The Morgan fingerprint density at radius 1 is 0.520 bits per heavy atom. The molecule has 5 aromatic rings. The molecule has 0 spiro atoms. The van der Waals surface area contributed by atoms with Crippen molar-refractivity contribution in [3.8, 4) is 0 Å². The van der Waals surface area contributed by atoms with E-state index in [1.165, 1.54) is 37.8 Å². The van der Waals surface area contributed by atoms with E-state index in [9.17, 15) is 66.0 Å². The van der Waals surface area contributed by atoms with Gasteiger partial charge in [-0.2, -0.15) is 0 Å². The minimum Gasteiger partial charge on any atom is -0.462 e. The molecule has 1 saturated heterocycles. The van der Waals surface area contributed by atoms with Crippen LogP contribution >= 0.6 is 23.5 Å². The normalized spacial score (nSPS) is 15.2. The zero-order valence-corrected chi connectivity index (χ0v) is 73.6. The molecule has 1 heterocycles. The van der Waals surface area contributed by atoms with Crippen LogP contribution in [0.2, 0.25) is 0 Å². The number of nitrogens with zero attached hydrogens (tertiary/aromatic N) is 1. The van der Waals surface area contributed by atoms with Gasteiger partial charge < -0.3 is 92.4 Å². The summed E-state index contributed by atoms with van der Waals surface area (Å²) in [7, 11) is -4.20. The first-order chi connectivity index (χ1) is 59.7. The number of nitrogens with one attached hydrogen (secondary N) is 14. The molecular weight excluding hydrogens is 1680 g/mol. The number of aryl methyl sites for hydroxylation is 1. The average molecular weight is 1790 g/mol. The van der Waals surface area contributed by atoms with Crippen molar-refractivity contribution in [1.82, 2.24) is 73.4 Å². The van der Waals surface area contributed by atoms with E-state index >= 15 is 9.59 Å². The Labute approximate surface area is 736 Å². The molecule has 1 aliphatic heterocycles. The molecule has 125 heavy (non-hydrogen) atoms. The number of hydrogen-bond donors (Lipinski definition) is 14. The second kappa shape index (κ2) is 52.2. The fourth-order valence-corrected chi connectivity index (χ4v) is 15.5. The summed E-state index contributed by atoms with van der Waals surface area (Å²) in [6, 6.07) is 27.6. The molecule has 0 aromatic heterocycles. The maximum Gasteiger partial charge on any atom is 0.408 e. The molecule has 0 unspecified atom stereocenters. The summed E-state index contributed by atoms with van der Waals surface area (Å²) in [5.41, 5.74) is 2.40. The van der Waals surface area contributed by atoms with Crippen LogP contribution in [0.3, 0.4) is 0 Å². The van der Waals surface area contributed by atoms with Crippen molar-refractivity contribution in [2.75, 3.05) is 56.1 Å². The summed E-state index contributed by atoms with van der Waals surface area (Å²) < 4.78 is 57.2. The average Bonchev–Trinajstić information content (AvgIpc) is 1.71. The molecule has 36 nitrogen and oxygen atoms in total. The number of alkyl carbamates (subject to hydrolysis) is 1. The number of thioether (sulfide) groups is 2. The van der Waals surface area contributed by atoms with E-state index in [-0.39, 0.29) is 105 Å². The second-order valence-electron chi connectivity index (χ2n) is 30.9. The molecule has 5 aromatic carbocycles. The molecule has 2 aliphatic rings. The van der Waals surface area contributed by atoms with Crippen LogP contribution in [0, 0.1) is 12.3 Å². The minimum absolute atomic E-state index is 0.0145. The standard InChI is InChI=1S/C86H115N15O21S3/c1-55-37-39-64(40-38-55)125(116,117)100-84(87)88-41-23-35-65(94-80(111)70(51-123-53-90-57(3)102)99-85(115)122-86(5,6)7)76(107)89-45-73(104)93-66(44-74(105)121-63-33-21-12-22-34-63)77(108)95-67(43-59-25-13-8-14-26-59)82(113)101-42-24-36-72(101)81(112)92-56(2)75(106)96-68(49-118-46-60-27-15-9-16-28-60)78(109)97-69(50-119-47-61-29-17-10-18-30-61)79(110)98-71(52-124-54-91-58(4)103)83(114)120-48-62-31-19-11-20-32-62/h8-11,13-20,25-32,37-40,56,63,65-72H,12,21-24,33-36,41-54H2,1-7H3,(H,89,107)(H,90,102)(H,91,103)(H,92,112)(H,93,104)(H,94,111)(H,95,108)(H,96,106)(H,97,109)(H,98,110)(H,99,115)(H3,87,88,100)/t56-,65-,66-,67+,68-,69-,70-,71-,72-/m0/s1. The zero-order valence-electron chi connectivity index (χ0n) is 71.1. The highest BCUT2D eigenvalue weighted by Crippen LogP contribution is 2.24. The molecule has 1 saturated carbocycles. The van der Waals surface area contributed by atoms with Crippen molar-refractivity contribution in [3.05, 3.63) is 173 Å². The number of likely N-dealkylation sites (tertiary alicyclic amines) is 1. The number of benzene rings is 5. The lowest BCUT2D eigenvalue weighted by Gasteiger charge is -2.30. The number of sulfonamides is 1. The van der Waals surface area contributed by atoms with Gasteiger partial charge in [0.2, 0.25) is 70.9 Å². The third kappa shape index (κ3) is 37.3. The van der Waals surface area contributed by atoms with E-state index in [4.69, 9.17) is 29.1 Å². The zero-order chi connectivity index (χ0) is 90.9. The number of amides is 12. The van der Waals surface area contributed by atoms with Crippen molar-refractivity contribution in [1.29, 1.82) is 5.41 Å². The van der Waals surface area contributed by atoms with Gasteiger partial charge in [-0.3, -0.25) is 62.9 Å². The van der Waals surface area contributed by atoms with Crippen LogP contribution in [0.15, 0.2) is 150 Å². The number of hydrogen-bond acceptors (Lipinski definition) is 24. The Bertz CT molecular complexity index is 4540. The second-order valence-corrected chi connectivity index (χ2v) is 34.6. The van der Waals surface area contributed by atoms with E-state index in [2.05, 4.69) is 68.5 Å². The molecule has 9 atom stereocenters. The lowest BCUT2D eigenvalue weighted by atomic mass is 9.98. The number of rotatable bonds is 48. The van der Waals surface area contributed by atoms with Crippen LogP contribution in [-0.4, -0.2) is 224 Å². The maximum atomic E-state index is 15.3. The monoisotopic (exact) mass is 1790 g/mol. The number of esters is 2. The van der Waals surface area contributed by atoms with Gasteiger partial charge in [-0.25, -0.2) is 22.7 Å². The SMILES string of the molecule is CC(=O)NCSC[C@H](NC(=O)OC(C)(C)C)C(=O)N[C@@H](CCCNC(=N)NS(=O)(=O)c1ccc(C)cc1)C(=O)NCC(=O)N[C@@H](CC(=O)OC1CCCCC1)C(=O)N[C@H](Cc1ccccc1)C(=O)N1CCC[C@H]1C(=O)N[C@@H](C)C(=O)N[C@@H](COCc1ccccc1)C(=O)N[C@@H](COCc1ccccc1)C(=O)N[C@@H](CSCNC(C)=O)C(=O)OCc1ccccc1. The smallest absolute Gasteiger partial charge is 0.408 e. The summed E-state index contributed by atoms with van der Waals surface area (Å²) in [5, 5.41) is 39.6. The van der Waals surface area contributed by atoms with Crippen LogP contribution in [0.5, 0.6) is 0 Å². The number of carbonyl (C=O) groups excluding carboxylic acids is 14. The molecule has 678 valence electrons. The summed E-state index contributed by atoms with van der Waals surface area (Å²) in [6.07, 6.45) is 1.00. The third-order valence-electron chi connectivity index (χ3n) is 19.3. The van der Waals surface area contributed by atoms with Crippen molar-refractivity contribution >= 4 is 123 Å². The van der Waals surface area contributed by atoms with E-state index in [0.29, 0.717) is 29.5 Å². The molecule has 0 radical (unpaired) electrons. The quantitative estimate of drug-likeness (QED) is 0.00663. The highest BCUT2D eigenvalue weighted by atomic mass is 32.2. The summed E-state index contributed by atoms with van der Waals surface area (Å²) in [6.45, 7) is 8.26. The fraction of sp³-hybridized carbons (Fsp3) is 0.477. The molecule has 14 N–H and O–H groups in total. The predicted octanol–water partition coefficient (Wildman–Crippen LogP) is 3.33. The van der Waals surface area contributed by atoms with Gasteiger partial charge in [0.1, 0.15) is 72.7 Å². The highest BCUT2D eigenvalue weighted by Gasteiger charge is 2.41. The Morgan fingerprint density at radius 2 is 1.02 bits per heavy atom. The Morgan fingerprint density at radius 3 is 1.57 bits per heavy atom. The number of guanidine groups is 1. The van der Waals surface area contributed by atoms with Crippen LogP contribution < -0.4 is 68.5 Å². The lowest BCUT2D eigenvalue weighted by Crippen LogP contribution is -2.60. The first-order valence-electron chi connectivity index (χ1n) is 41.1. The van der Waals surface area contributed by atoms with E-state index < -0.39 is 179 Å². The predicted molar refractivity (Wildman–Crippen MR) is 465 cm³/mol. The van der Waals surface area contributed by atoms with Gasteiger partial charge in [-0.15, -0.1) is 23.5 Å². The molecule has 12 amide bonds. The van der Waals surface area contributed by atoms with Gasteiger partial charge in [0.05, 0.1) is 56.0 Å². The minimum atomic E-state index is -4.20. The number of carbonyl (C=O) groups is 14. The largest absolute Gasteiger partial charge is 0.462 e. The van der Waals surface area contributed by atoms with Crippen LogP contribution in [-0.2, 0) is 122 Å². The molecule has 39 heteroatoms. The van der Waals surface area contributed by atoms with Crippen LogP contribution in [0.1, 0.15) is 134 Å². The topological polar surface area (TPSA) is 503 Å². The van der Waals surface area contributed by atoms with Gasteiger partial charge in [0.25, 0.3) is 10.0 Å². The molecular formula is C86H115N15O21S3. The van der Waals surface area contributed by atoms with Gasteiger partial charge in [0, 0.05) is 44.9 Å². The molecule has 7 rings (SSSR count). The van der Waals surface area contributed by atoms with Crippen LogP contribution in [0.4, 0.5) is 4.79 Å². The van der Waals surface area contributed by atoms with E-state index in [0.717, 1.165) is 53.9 Å². The molecule has 0 bridgehead atoms. The third-order valence-corrected chi connectivity index (χ3v) is 22.5. The summed E-state index contributed by atoms with van der Waals surface area (Å²) in [5.74, 6) is -11.5. The first-order valence-corrected chi connectivity index (χ1v) is 44.9. The Balaban J connectivity index is 1.08. The van der Waals surface area contributed by atoms with Gasteiger partial charge >= 0.3 is 18.0 Å². The molecule has 2 fully saturated rings. The van der Waals surface area contributed by atoms with Crippen molar-refractivity contribution < 1.29 is 99.2 Å². The fourth-order valence-electron chi connectivity index (χ4n) is 12.8. The Hall–Kier alpha value is -11.7. The van der Waals surface area contributed by atoms with E-state index in [1.807, 2.05) is 0 Å². The van der Waals surface area contributed by atoms with Crippen LogP contribution in [0.25, 0.3) is 0 Å². The lowest BCUT2D eigenvalue weighted by molar-refractivity contribution is -0.153.